The number of aromatic nitrogens is 3. The van der Waals surface area contributed by atoms with Crippen LogP contribution in [0.5, 0.6) is 5.75 Å². The largest absolute Gasteiger partial charge is 0.497 e. The maximum Gasteiger partial charge on any atom is 0.251 e. The number of benzene rings is 2. The van der Waals surface area contributed by atoms with Gasteiger partial charge in [-0.15, -0.1) is 10.2 Å². The van der Waals surface area contributed by atoms with Gasteiger partial charge in [0, 0.05) is 17.8 Å². The van der Waals surface area contributed by atoms with Crippen LogP contribution in [0.15, 0.2) is 53.7 Å². The van der Waals surface area contributed by atoms with Gasteiger partial charge in [0.15, 0.2) is 11.0 Å². The fraction of sp³-hybridized carbons (Fsp3) is 0.360. The molecule has 9 heteroatoms. The van der Waals surface area contributed by atoms with Crippen LogP contribution in [-0.2, 0) is 11.3 Å². The number of nitrogens with one attached hydrogen (secondary N) is 2. The van der Waals surface area contributed by atoms with Crippen LogP contribution in [0, 0.1) is 0 Å². The van der Waals surface area contributed by atoms with Gasteiger partial charge in [0.1, 0.15) is 5.75 Å². The van der Waals surface area contributed by atoms with Gasteiger partial charge >= 0.3 is 0 Å². The van der Waals surface area contributed by atoms with E-state index in [1.54, 1.807) is 31.4 Å². The first-order valence-corrected chi connectivity index (χ1v) is 12.2. The first-order valence-electron chi connectivity index (χ1n) is 11.2. The number of carbonyl (C=O) groups excluding carboxylic acids is 2. The summed E-state index contributed by atoms with van der Waals surface area (Å²) in [5, 5.41) is 15.1. The Morgan fingerprint density at radius 1 is 1.06 bits per heavy atom. The summed E-state index contributed by atoms with van der Waals surface area (Å²) in [6.45, 7) is 8.65. The molecule has 1 atom stereocenters. The molecule has 0 radical (unpaired) electrons. The molecule has 1 heterocycles. The molecule has 3 rings (SSSR count). The molecule has 0 aliphatic rings. The van der Waals surface area contributed by atoms with Crippen LogP contribution in [0.1, 0.15) is 61.4 Å². The summed E-state index contributed by atoms with van der Waals surface area (Å²) in [5.74, 6) is 1.52. The molecule has 0 saturated heterocycles. The fourth-order valence-corrected chi connectivity index (χ4v) is 4.35. The highest BCUT2D eigenvalue weighted by molar-refractivity contribution is 7.99. The van der Waals surface area contributed by atoms with Crippen molar-refractivity contribution in [2.75, 3.05) is 18.2 Å². The maximum absolute atomic E-state index is 12.6. The molecule has 0 aliphatic carbocycles. The molecule has 0 fully saturated rings. The van der Waals surface area contributed by atoms with Crippen LogP contribution in [0.4, 0.5) is 5.69 Å². The van der Waals surface area contributed by atoms with E-state index in [0.717, 1.165) is 11.3 Å². The van der Waals surface area contributed by atoms with E-state index in [1.807, 2.05) is 42.7 Å². The zero-order chi connectivity index (χ0) is 24.7. The lowest BCUT2D eigenvalue weighted by atomic mass is 10.0. The van der Waals surface area contributed by atoms with Crippen LogP contribution in [0.3, 0.4) is 0 Å². The van der Waals surface area contributed by atoms with E-state index in [-0.39, 0.29) is 23.6 Å². The monoisotopic (exact) mass is 481 g/mol. The van der Waals surface area contributed by atoms with E-state index in [1.165, 1.54) is 11.8 Å². The van der Waals surface area contributed by atoms with Gasteiger partial charge in [-0.3, -0.25) is 9.59 Å². The van der Waals surface area contributed by atoms with Crippen molar-refractivity contribution < 1.29 is 14.3 Å². The molecule has 180 valence electrons. The summed E-state index contributed by atoms with van der Waals surface area (Å²) in [4.78, 5) is 25.2. The Kier molecular flexibility index (Phi) is 8.70. The highest BCUT2D eigenvalue weighted by atomic mass is 32.2. The summed E-state index contributed by atoms with van der Waals surface area (Å²) >= 11 is 1.32. The second-order valence-corrected chi connectivity index (χ2v) is 9.03. The number of amides is 2. The highest BCUT2D eigenvalue weighted by Gasteiger charge is 2.20. The first kappa shape index (κ1) is 25.3. The molecule has 1 aromatic heterocycles. The van der Waals surface area contributed by atoms with Gasteiger partial charge in [-0.1, -0.05) is 43.8 Å². The molecule has 2 amide bonds. The van der Waals surface area contributed by atoms with Crippen molar-refractivity contribution in [2.45, 2.75) is 51.4 Å². The Bertz CT molecular complexity index is 1130. The Morgan fingerprint density at radius 2 is 1.76 bits per heavy atom. The number of hydrogen-bond donors (Lipinski definition) is 2. The lowest BCUT2D eigenvalue weighted by Crippen LogP contribution is -2.28. The molecule has 0 saturated carbocycles. The third-order valence-corrected chi connectivity index (χ3v) is 6.30. The van der Waals surface area contributed by atoms with Crippen molar-refractivity contribution in [3.05, 3.63) is 65.5 Å². The Labute approximate surface area is 204 Å². The summed E-state index contributed by atoms with van der Waals surface area (Å²) in [7, 11) is 1.58. The number of methoxy groups -OCH3 is 1. The minimum atomic E-state index is -0.358. The molecule has 1 unspecified atom stereocenters. The number of nitrogens with zero attached hydrogens (tertiary/aromatic N) is 3. The smallest absolute Gasteiger partial charge is 0.251 e. The predicted molar refractivity (Wildman–Crippen MR) is 134 cm³/mol. The van der Waals surface area contributed by atoms with Gasteiger partial charge in [0.2, 0.25) is 5.91 Å². The van der Waals surface area contributed by atoms with E-state index >= 15 is 0 Å². The standard InChI is InChI=1S/C25H31N5O3S/c1-6-30-23(17(4)26-24(32)18-11-13-19(33-5)14-12-18)28-29-25(30)34-15-22(31)27-21-10-8-7-9-20(21)16(2)3/h7-14,16-17H,6,15H2,1-5H3,(H,26,32)(H,27,31). The van der Waals surface area contributed by atoms with E-state index in [9.17, 15) is 9.59 Å². The molecule has 8 nitrogen and oxygen atoms in total. The zero-order valence-corrected chi connectivity index (χ0v) is 21.0. The van der Waals surface area contributed by atoms with Crippen molar-refractivity contribution in [2.24, 2.45) is 0 Å². The summed E-state index contributed by atoms with van der Waals surface area (Å²) in [5.41, 5.74) is 2.46. The van der Waals surface area contributed by atoms with E-state index in [4.69, 9.17) is 4.74 Å². The van der Waals surface area contributed by atoms with Gasteiger partial charge in [0.25, 0.3) is 5.91 Å². The molecule has 0 bridgehead atoms. The lowest BCUT2D eigenvalue weighted by molar-refractivity contribution is -0.113. The van der Waals surface area contributed by atoms with Crippen LogP contribution in [0.2, 0.25) is 0 Å². The molecule has 34 heavy (non-hydrogen) atoms. The van der Waals surface area contributed by atoms with Crippen molar-refractivity contribution >= 4 is 29.3 Å². The lowest BCUT2D eigenvalue weighted by Gasteiger charge is -2.15. The highest BCUT2D eigenvalue weighted by Crippen LogP contribution is 2.25. The van der Waals surface area contributed by atoms with Gasteiger partial charge in [-0.2, -0.15) is 0 Å². The quantitative estimate of drug-likeness (QED) is 0.409. The van der Waals surface area contributed by atoms with Crippen LogP contribution < -0.4 is 15.4 Å². The van der Waals surface area contributed by atoms with Crippen LogP contribution >= 0.6 is 11.8 Å². The molecule has 3 aromatic rings. The number of rotatable bonds is 10. The van der Waals surface area contributed by atoms with E-state index in [2.05, 4.69) is 34.7 Å². The summed E-state index contributed by atoms with van der Waals surface area (Å²) in [6, 6.07) is 14.4. The van der Waals surface area contributed by atoms with Crippen LogP contribution in [-0.4, -0.2) is 39.4 Å². The van der Waals surface area contributed by atoms with Gasteiger partial charge < -0.3 is 19.9 Å². The van der Waals surface area contributed by atoms with Gasteiger partial charge in [-0.05, 0) is 55.7 Å². The zero-order valence-electron chi connectivity index (χ0n) is 20.2. The molecule has 0 spiro atoms. The van der Waals surface area contributed by atoms with Gasteiger partial charge in [0.05, 0.1) is 18.9 Å². The van der Waals surface area contributed by atoms with Crippen molar-refractivity contribution in [1.29, 1.82) is 0 Å². The minimum Gasteiger partial charge on any atom is -0.497 e. The van der Waals surface area contributed by atoms with Crippen molar-refractivity contribution in [3.8, 4) is 5.75 Å². The molecular formula is C25H31N5O3S. The third kappa shape index (κ3) is 6.17. The summed E-state index contributed by atoms with van der Waals surface area (Å²) in [6.07, 6.45) is 0. The number of carbonyl (C=O) groups is 2. The van der Waals surface area contributed by atoms with E-state index < -0.39 is 0 Å². The maximum atomic E-state index is 12.6. The van der Waals surface area contributed by atoms with Crippen LogP contribution in [0.25, 0.3) is 0 Å². The van der Waals surface area contributed by atoms with Crippen molar-refractivity contribution in [3.63, 3.8) is 0 Å². The number of thioether (sulfide) groups is 1. The first-order chi connectivity index (χ1) is 16.3. The second-order valence-electron chi connectivity index (χ2n) is 8.09. The average Bonchev–Trinajstić information content (AvgIpc) is 3.26. The second kappa shape index (κ2) is 11.7. The molecule has 2 N–H and O–H groups in total. The Morgan fingerprint density at radius 3 is 2.41 bits per heavy atom. The van der Waals surface area contributed by atoms with E-state index in [0.29, 0.717) is 34.8 Å². The molecular weight excluding hydrogens is 450 g/mol. The fourth-order valence-electron chi connectivity index (χ4n) is 3.54. The SMILES string of the molecule is CCn1c(SCC(=O)Nc2ccccc2C(C)C)nnc1C(C)NC(=O)c1ccc(OC)cc1. The van der Waals surface area contributed by atoms with Gasteiger partial charge in [-0.25, -0.2) is 0 Å². The molecule has 0 aliphatic heterocycles. The van der Waals surface area contributed by atoms with Crippen molar-refractivity contribution in [1.82, 2.24) is 20.1 Å². The third-order valence-electron chi connectivity index (χ3n) is 5.34. The minimum absolute atomic E-state index is 0.105. The molecule has 2 aromatic carbocycles. The number of para-hydroxylation sites is 1. The number of hydrogen-bond acceptors (Lipinski definition) is 6. The number of anilines is 1. The average molecular weight is 482 g/mol. The summed E-state index contributed by atoms with van der Waals surface area (Å²) < 4.78 is 7.05. The predicted octanol–water partition coefficient (Wildman–Crippen LogP) is 4.65. The Balaban J connectivity index is 1.63. The normalized spacial score (nSPS) is 11.8. The Hall–Kier alpha value is -3.33. The number of ether oxygens (including phenoxy) is 1. The topological polar surface area (TPSA) is 98.1 Å².